The van der Waals surface area contributed by atoms with Gasteiger partial charge in [-0.05, 0) is 48.5 Å². The topological polar surface area (TPSA) is 48.4 Å². The van der Waals surface area contributed by atoms with Crippen molar-refractivity contribution in [2.45, 2.75) is 0 Å². The average Bonchev–Trinajstić information content (AvgIpc) is 2.57. The molecule has 0 atom stereocenters. The molecule has 4 nitrogen and oxygen atoms in total. The van der Waals surface area contributed by atoms with Gasteiger partial charge in [-0.2, -0.15) is 0 Å². The third-order valence-corrected chi connectivity index (χ3v) is 3.93. The van der Waals surface area contributed by atoms with Crippen LogP contribution in [0.2, 0.25) is 5.02 Å². The molecule has 0 aliphatic heterocycles. The molecule has 1 aromatic heterocycles. The lowest BCUT2D eigenvalue weighted by Crippen LogP contribution is -2.17. The summed E-state index contributed by atoms with van der Waals surface area (Å²) in [6.07, 6.45) is 1.62. The zero-order valence-electron chi connectivity index (χ0n) is 11.8. The van der Waals surface area contributed by atoms with E-state index < -0.39 is 5.97 Å². The summed E-state index contributed by atoms with van der Waals surface area (Å²) >= 11 is 9.44. The van der Waals surface area contributed by atoms with Crippen LogP contribution in [0, 0.1) is 0 Å². The number of halogens is 2. The summed E-state index contributed by atoms with van der Waals surface area (Å²) < 4.78 is 11.7. The summed E-state index contributed by atoms with van der Waals surface area (Å²) in [5.74, 6) is 0.431. The van der Waals surface area contributed by atoms with Crippen LogP contribution < -0.4 is 9.47 Å². The molecule has 0 aliphatic rings. The predicted octanol–water partition coefficient (Wildman–Crippen LogP) is 4.64. The minimum Gasteiger partial charge on any atom is -0.482 e. The zero-order chi connectivity index (χ0) is 16.2. The van der Waals surface area contributed by atoms with Gasteiger partial charge in [0.1, 0.15) is 11.3 Å². The SMILES string of the molecule is O=C(COc1ccc(Br)cc1)Oc1ccc(Cl)c2cccnc12. The number of rotatable bonds is 4. The Kier molecular flexibility index (Phi) is 4.79. The molecule has 1 heterocycles. The van der Waals surface area contributed by atoms with Crippen molar-refractivity contribution in [2.24, 2.45) is 0 Å². The average molecular weight is 393 g/mol. The first-order chi connectivity index (χ1) is 11.1. The fourth-order valence-electron chi connectivity index (χ4n) is 2.02. The van der Waals surface area contributed by atoms with Crippen molar-refractivity contribution in [3.05, 3.63) is 64.2 Å². The van der Waals surface area contributed by atoms with Crippen molar-refractivity contribution in [3.63, 3.8) is 0 Å². The monoisotopic (exact) mass is 391 g/mol. The number of carbonyl (C=O) groups excluding carboxylic acids is 1. The van der Waals surface area contributed by atoms with Crippen LogP contribution in [0.4, 0.5) is 0 Å². The van der Waals surface area contributed by atoms with E-state index in [4.69, 9.17) is 21.1 Å². The number of carbonyl (C=O) groups is 1. The van der Waals surface area contributed by atoms with E-state index in [0.29, 0.717) is 22.0 Å². The van der Waals surface area contributed by atoms with E-state index in [0.717, 1.165) is 9.86 Å². The van der Waals surface area contributed by atoms with Gasteiger partial charge in [0, 0.05) is 16.1 Å². The lowest BCUT2D eigenvalue weighted by molar-refractivity contribution is -0.136. The molecule has 0 radical (unpaired) electrons. The van der Waals surface area contributed by atoms with E-state index in [1.165, 1.54) is 0 Å². The smallest absolute Gasteiger partial charge is 0.349 e. The molecule has 0 bridgehead atoms. The summed E-state index contributed by atoms with van der Waals surface area (Å²) in [5.41, 5.74) is 0.539. The van der Waals surface area contributed by atoms with Gasteiger partial charge >= 0.3 is 5.97 Å². The number of esters is 1. The number of benzene rings is 2. The maximum atomic E-state index is 12.0. The fourth-order valence-corrected chi connectivity index (χ4v) is 2.50. The summed E-state index contributed by atoms with van der Waals surface area (Å²) in [7, 11) is 0. The lowest BCUT2D eigenvalue weighted by Gasteiger charge is -2.09. The van der Waals surface area contributed by atoms with Gasteiger partial charge < -0.3 is 9.47 Å². The molecule has 0 spiro atoms. The highest BCUT2D eigenvalue weighted by Crippen LogP contribution is 2.29. The Morgan fingerprint density at radius 2 is 1.91 bits per heavy atom. The van der Waals surface area contributed by atoms with Gasteiger partial charge in [-0.3, -0.25) is 4.98 Å². The second kappa shape index (κ2) is 6.98. The first-order valence-corrected chi connectivity index (χ1v) is 7.93. The van der Waals surface area contributed by atoms with Crippen LogP contribution in [-0.4, -0.2) is 17.6 Å². The van der Waals surface area contributed by atoms with Gasteiger partial charge in [-0.15, -0.1) is 0 Å². The molecule has 3 aromatic rings. The number of nitrogens with zero attached hydrogens (tertiary/aromatic N) is 1. The molecule has 0 N–H and O–H groups in total. The van der Waals surface area contributed by atoms with Gasteiger partial charge in [0.05, 0.1) is 5.02 Å². The molecular weight excluding hydrogens is 382 g/mol. The Hall–Kier alpha value is -2.11. The minimum atomic E-state index is -0.512. The largest absolute Gasteiger partial charge is 0.482 e. The fraction of sp³-hybridized carbons (Fsp3) is 0.0588. The Bertz CT molecular complexity index is 852. The number of aromatic nitrogens is 1. The van der Waals surface area contributed by atoms with Crippen molar-refractivity contribution >= 4 is 44.4 Å². The van der Waals surface area contributed by atoms with E-state index in [1.54, 1.807) is 36.5 Å². The third-order valence-electron chi connectivity index (χ3n) is 3.07. The molecule has 0 amide bonds. The van der Waals surface area contributed by atoms with E-state index >= 15 is 0 Å². The van der Waals surface area contributed by atoms with Crippen molar-refractivity contribution in [3.8, 4) is 11.5 Å². The quantitative estimate of drug-likeness (QED) is 0.479. The van der Waals surface area contributed by atoms with Crippen LogP contribution in [0.3, 0.4) is 0 Å². The Morgan fingerprint density at radius 3 is 2.70 bits per heavy atom. The van der Waals surface area contributed by atoms with E-state index in [1.807, 2.05) is 18.2 Å². The number of pyridine rings is 1. The van der Waals surface area contributed by atoms with Crippen molar-refractivity contribution in [2.75, 3.05) is 6.61 Å². The number of hydrogen-bond donors (Lipinski definition) is 0. The van der Waals surface area contributed by atoms with Crippen LogP contribution in [-0.2, 0) is 4.79 Å². The molecule has 0 fully saturated rings. The number of ether oxygens (including phenoxy) is 2. The summed E-state index contributed by atoms with van der Waals surface area (Å²) in [5, 5.41) is 1.28. The summed E-state index contributed by atoms with van der Waals surface area (Å²) in [6.45, 7) is -0.196. The molecule has 0 unspecified atom stereocenters. The van der Waals surface area contributed by atoms with E-state index in [-0.39, 0.29) is 6.61 Å². The third kappa shape index (κ3) is 3.81. The molecular formula is C17H11BrClNO3. The maximum Gasteiger partial charge on any atom is 0.349 e. The maximum absolute atomic E-state index is 12.0. The van der Waals surface area contributed by atoms with Crippen LogP contribution in [0.5, 0.6) is 11.5 Å². The van der Waals surface area contributed by atoms with Gasteiger partial charge in [0.15, 0.2) is 12.4 Å². The normalized spacial score (nSPS) is 10.5. The van der Waals surface area contributed by atoms with Gasteiger partial charge in [-0.25, -0.2) is 4.79 Å². The molecule has 116 valence electrons. The Labute approximate surface area is 146 Å². The lowest BCUT2D eigenvalue weighted by atomic mass is 10.2. The molecule has 0 saturated heterocycles. The zero-order valence-corrected chi connectivity index (χ0v) is 14.2. The molecule has 23 heavy (non-hydrogen) atoms. The van der Waals surface area contributed by atoms with Gasteiger partial charge in [0.25, 0.3) is 0 Å². The molecule has 2 aromatic carbocycles. The minimum absolute atomic E-state index is 0.196. The summed E-state index contributed by atoms with van der Waals surface area (Å²) in [6, 6.07) is 14.1. The van der Waals surface area contributed by atoms with Crippen LogP contribution >= 0.6 is 27.5 Å². The van der Waals surface area contributed by atoms with Gasteiger partial charge in [-0.1, -0.05) is 27.5 Å². The Morgan fingerprint density at radius 1 is 1.13 bits per heavy atom. The Balaban J connectivity index is 1.71. The molecule has 3 rings (SSSR count). The highest BCUT2D eigenvalue weighted by atomic mass is 79.9. The van der Waals surface area contributed by atoms with Crippen LogP contribution in [0.1, 0.15) is 0 Å². The van der Waals surface area contributed by atoms with Crippen LogP contribution in [0.25, 0.3) is 10.9 Å². The van der Waals surface area contributed by atoms with Crippen LogP contribution in [0.15, 0.2) is 59.2 Å². The molecule has 0 saturated carbocycles. The second-order valence-corrected chi connectivity index (χ2v) is 5.98. The first kappa shape index (κ1) is 15.8. The molecule has 0 aliphatic carbocycles. The van der Waals surface area contributed by atoms with Gasteiger partial charge in [0.2, 0.25) is 0 Å². The molecule has 6 heteroatoms. The van der Waals surface area contributed by atoms with Crippen molar-refractivity contribution in [1.82, 2.24) is 4.98 Å². The predicted molar refractivity (Wildman–Crippen MR) is 92.0 cm³/mol. The van der Waals surface area contributed by atoms with Crippen molar-refractivity contribution < 1.29 is 14.3 Å². The first-order valence-electron chi connectivity index (χ1n) is 6.76. The second-order valence-electron chi connectivity index (χ2n) is 4.66. The summed E-state index contributed by atoms with van der Waals surface area (Å²) in [4.78, 5) is 16.2. The highest BCUT2D eigenvalue weighted by Gasteiger charge is 2.11. The standard InChI is InChI=1S/C17H11BrClNO3/c18-11-3-5-12(6-4-11)22-10-16(21)23-15-8-7-14(19)13-2-1-9-20-17(13)15/h1-9H,10H2. The van der Waals surface area contributed by atoms with Crippen molar-refractivity contribution in [1.29, 1.82) is 0 Å². The highest BCUT2D eigenvalue weighted by molar-refractivity contribution is 9.10. The number of hydrogen-bond acceptors (Lipinski definition) is 4. The van der Waals surface area contributed by atoms with E-state index in [9.17, 15) is 4.79 Å². The van der Waals surface area contributed by atoms with E-state index in [2.05, 4.69) is 20.9 Å². The number of fused-ring (bicyclic) bond motifs is 1.